The fourth-order valence-electron chi connectivity index (χ4n) is 1.62. The first kappa shape index (κ1) is 16.7. The van der Waals surface area contributed by atoms with E-state index in [0.29, 0.717) is 0 Å². The lowest BCUT2D eigenvalue weighted by molar-refractivity contribution is 0.0601. The van der Waals surface area contributed by atoms with Crippen LogP contribution < -0.4 is 0 Å². The summed E-state index contributed by atoms with van der Waals surface area (Å²) >= 11 is 11.6. The second-order valence-corrected chi connectivity index (χ2v) is 7.66. The lowest BCUT2D eigenvalue weighted by atomic mass is 10.1. The van der Waals surface area contributed by atoms with Gasteiger partial charge < -0.3 is 5.11 Å². The summed E-state index contributed by atoms with van der Waals surface area (Å²) in [6.07, 6.45) is 0. The lowest BCUT2D eigenvalue weighted by Crippen LogP contribution is -2.42. The van der Waals surface area contributed by atoms with E-state index in [-0.39, 0.29) is 28.0 Å². The third-order valence-corrected chi connectivity index (χ3v) is 4.72. The number of benzene rings is 1. The lowest BCUT2D eigenvalue weighted by Gasteiger charge is -2.27. The summed E-state index contributed by atoms with van der Waals surface area (Å²) in [6.45, 7) is 5.05. The van der Waals surface area contributed by atoms with Gasteiger partial charge in [-0.2, -0.15) is 4.31 Å². The molecule has 0 saturated carbocycles. The first-order valence-electron chi connectivity index (χ1n) is 5.75. The minimum atomic E-state index is -3.72. The maximum atomic E-state index is 12.4. The second-order valence-electron chi connectivity index (χ2n) is 4.85. The van der Waals surface area contributed by atoms with Crippen molar-refractivity contribution in [2.45, 2.75) is 31.3 Å². The fraction of sp³-hybridized carbons (Fsp3) is 0.500. The van der Waals surface area contributed by atoms with Gasteiger partial charge in [0.25, 0.3) is 0 Å². The van der Waals surface area contributed by atoms with Crippen molar-refractivity contribution in [1.29, 1.82) is 0 Å². The van der Waals surface area contributed by atoms with Gasteiger partial charge in [-0.25, -0.2) is 8.42 Å². The van der Waals surface area contributed by atoms with Crippen molar-refractivity contribution in [2.75, 3.05) is 13.1 Å². The normalized spacial score (nSPS) is 13.0. The van der Waals surface area contributed by atoms with Crippen molar-refractivity contribution >= 4 is 33.2 Å². The van der Waals surface area contributed by atoms with Gasteiger partial charge >= 0.3 is 0 Å². The molecule has 1 rings (SSSR count). The van der Waals surface area contributed by atoms with Crippen molar-refractivity contribution in [3.8, 4) is 0 Å². The third-order valence-electron chi connectivity index (χ3n) is 2.39. The average molecular weight is 326 g/mol. The smallest absolute Gasteiger partial charge is 0.243 e. The van der Waals surface area contributed by atoms with Gasteiger partial charge in [-0.05, 0) is 32.0 Å². The van der Waals surface area contributed by atoms with E-state index in [0.717, 1.165) is 0 Å². The maximum absolute atomic E-state index is 12.4. The minimum absolute atomic E-state index is 0.00400. The van der Waals surface area contributed by atoms with E-state index in [1.54, 1.807) is 20.8 Å². The molecule has 0 aromatic heterocycles. The molecule has 19 heavy (non-hydrogen) atoms. The Bertz CT molecular complexity index is 532. The average Bonchev–Trinajstić information content (AvgIpc) is 2.23. The Hall–Kier alpha value is -0.330. The molecule has 4 nitrogen and oxygen atoms in total. The predicted octanol–water partition coefficient (Wildman–Crippen LogP) is 2.77. The number of sulfonamides is 1. The van der Waals surface area contributed by atoms with E-state index in [4.69, 9.17) is 23.2 Å². The third kappa shape index (κ3) is 4.61. The molecule has 0 radical (unpaired) electrons. The van der Waals surface area contributed by atoms with Crippen LogP contribution in [0.15, 0.2) is 23.1 Å². The topological polar surface area (TPSA) is 57.6 Å². The molecular weight excluding hydrogens is 309 g/mol. The van der Waals surface area contributed by atoms with E-state index in [9.17, 15) is 13.5 Å². The molecule has 1 aromatic rings. The summed E-state index contributed by atoms with van der Waals surface area (Å²) in [5.74, 6) is 0. The highest BCUT2D eigenvalue weighted by Gasteiger charge is 2.28. The van der Waals surface area contributed by atoms with Gasteiger partial charge in [-0.3, -0.25) is 0 Å². The van der Waals surface area contributed by atoms with E-state index in [1.165, 1.54) is 22.5 Å². The highest BCUT2D eigenvalue weighted by Crippen LogP contribution is 2.25. The number of hydrogen-bond acceptors (Lipinski definition) is 3. The zero-order valence-corrected chi connectivity index (χ0v) is 13.3. The Morgan fingerprint density at radius 3 is 2.05 bits per heavy atom. The summed E-state index contributed by atoms with van der Waals surface area (Å²) in [7, 11) is -3.72. The summed E-state index contributed by atoms with van der Waals surface area (Å²) in [6, 6.07) is 4.15. The molecular formula is C12H17Cl2NO3S. The van der Waals surface area contributed by atoms with Gasteiger partial charge in [-0.1, -0.05) is 30.1 Å². The number of rotatable bonds is 5. The van der Waals surface area contributed by atoms with E-state index in [1.807, 2.05) is 0 Å². The van der Waals surface area contributed by atoms with Crippen LogP contribution >= 0.6 is 23.2 Å². The number of likely N-dealkylation sites (N-methyl/N-ethyl adjacent to an activating group) is 1. The number of aliphatic hydroxyl groups is 1. The van der Waals surface area contributed by atoms with Gasteiger partial charge in [-0.15, -0.1) is 0 Å². The van der Waals surface area contributed by atoms with Gasteiger partial charge in [0.2, 0.25) is 10.0 Å². The molecule has 1 N–H and O–H groups in total. The van der Waals surface area contributed by atoms with Crippen molar-refractivity contribution in [3.05, 3.63) is 28.2 Å². The van der Waals surface area contributed by atoms with Crippen LogP contribution in [0.25, 0.3) is 0 Å². The number of halogens is 2. The van der Waals surface area contributed by atoms with Crippen LogP contribution in [0.4, 0.5) is 0 Å². The standard InChI is InChI=1S/C12H17Cl2NO3S/c1-4-15(8-12(2,3)16)19(17,18)11-6-9(13)5-10(14)7-11/h5-7,16H,4,8H2,1-3H3. The Kier molecular flexibility index (Phi) is 5.26. The highest BCUT2D eigenvalue weighted by molar-refractivity contribution is 7.89. The van der Waals surface area contributed by atoms with Crippen LogP contribution in [0.3, 0.4) is 0 Å². The van der Waals surface area contributed by atoms with Crippen LogP contribution in [-0.2, 0) is 10.0 Å². The quantitative estimate of drug-likeness (QED) is 0.905. The van der Waals surface area contributed by atoms with Gasteiger partial charge in [0.05, 0.1) is 10.5 Å². The van der Waals surface area contributed by atoms with Crippen molar-refractivity contribution < 1.29 is 13.5 Å². The van der Waals surface area contributed by atoms with Crippen LogP contribution in [-0.4, -0.2) is 36.5 Å². The molecule has 7 heteroatoms. The Morgan fingerprint density at radius 1 is 1.21 bits per heavy atom. The number of hydrogen-bond donors (Lipinski definition) is 1. The van der Waals surface area contributed by atoms with E-state index < -0.39 is 15.6 Å². The molecule has 0 fully saturated rings. The summed E-state index contributed by atoms with van der Waals surface area (Å²) in [5.41, 5.74) is -1.12. The van der Waals surface area contributed by atoms with Crippen molar-refractivity contribution in [2.24, 2.45) is 0 Å². The highest BCUT2D eigenvalue weighted by atomic mass is 35.5. The molecule has 0 saturated heterocycles. The largest absolute Gasteiger partial charge is 0.389 e. The van der Waals surface area contributed by atoms with Crippen LogP contribution in [0.5, 0.6) is 0 Å². The molecule has 0 aliphatic rings. The Morgan fingerprint density at radius 2 is 1.68 bits per heavy atom. The molecule has 0 atom stereocenters. The SMILES string of the molecule is CCN(CC(C)(C)O)S(=O)(=O)c1cc(Cl)cc(Cl)c1. The molecule has 0 heterocycles. The Balaban J connectivity index is 3.20. The molecule has 1 aromatic carbocycles. The predicted molar refractivity (Wildman–Crippen MR) is 77.2 cm³/mol. The molecule has 0 aliphatic heterocycles. The summed E-state index contributed by atoms with van der Waals surface area (Å²) in [4.78, 5) is 0.0242. The molecule has 0 bridgehead atoms. The number of nitrogens with zero attached hydrogens (tertiary/aromatic N) is 1. The molecule has 0 spiro atoms. The zero-order chi connectivity index (χ0) is 14.8. The first-order chi connectivity index (χ1) is 8.56. The monoisotopic (exact) mass is 325 g/mol. The van der Waals surface area contributed by atoms with Gasteiger partial charge in [0, 0.05) is 23.1 Å². The van der Waals surface area contributed by atoms with E-state index in [2.05, 4.69) is 0 Å². The molecule has 108 valence electrons. The summed E-state index contributed by atoms with van der Waals surface area (Å²) < 4.78 is 26.1. The molecule has 0 aliphatic carbocycles. The van der Waals surface area contributed by atoms with Crippen LogP contribution in [0.1, 0.15) is 20.8 Å². The van der Waals surface area contributed by atoms with Crippen molar-refractivity contribution in [3.63, 3.8) is 0 Å². The maximum Gasteiger partial charge on any atom is 0.243 e. The van der Waals surface area contributed by atoms with Crippen LogP contribution in [0.2, 0.25) is 10.0 Å². The van der Waals surface area contributed by atoms with Crippen LogP contribution in [0, 0.1) is 0 Å². The molecule has 0 amide bonds. The van der Waals surface area contributed by atoms with Gasteiger partial charge in [0.15, 0.2) is 0 Å². The summed E-state index contributed by atoms with van der Waals surface area (Å²) in [5, 5.41) is 10.3. The van der Waals surface area contributed by atoms with E-state index >= 15 is 0 Å². The minimum Gasteiger partial charge on any atom is -0.389 e. The van der Waals surface area contributed by atoms with Gasteiger partial charge in [0.1, 0.15) is 0 Å². The Labute approximate surface area is 124 Å². The second kappa shape index (κ2) is 5.97. The fourth-order valence-corrected chi connectivity index (χ4v) is 3.96. The zero-order valence-electron chi connectivity index (χ0n) is 11.0. The molecule has 0 unspecified atom stereocenters. The van der Waals surface area contributed by atoms with Crippen molar-refractivity contribution in [1.82, 2.24) is 4.31 Å². The first-order valence-corrected chi connectivity index (χ1v) is 7.94.